The van der Waals surface area contributed by atoms with E-state index in [0.29, 0.717) is 10.0 Å². The van der Waals surface area contributed by atoms with E-state index in [9.17, 15) is 18.0 Å². The fourth-order valence-corrected chi connectivity index (χ4v) is 5.38. The maximum atomic E-state index is 13.8. The van der Waals surface area contributed by atoms with E-state index in [1.807, 2.05) is 13.8 Å². The molecule has 3 aromatic rings. The number of benzene rings is 3. The molecule has 2 atom stereocenters. The number of nitrogens with zero attached hydrogens (tertiary/aromatic N) is 2. The van der Waals surface area contributed by atoms with Crippen LogP contribution in [0.5, 0.6) is 0 Å². The van der Waals surface area contributed by atoms with Crippen LogP contribution in [0.25, 0.3) is 0 Å². The maximum absolute atomic E-state index is 13.8. The molecule has 3 rings (SSSR count). The van der Waals surface area contributed by atoms with Crippen molar-refractivity contribution in [3.05, 3.63) is 94.5 Å². The van der Waals surface area contributed by atoms with Crippen LogP contribution in [-0.2, 0) is 26.2 Å². The molecule has 3 aromatic carbocycles. The minimum absolute atomic E-state index is 0.0366. The Bertz CT molecular complexity index is 1330. The van der Waals surface area contributed by atoms with Crippen LogP contribution in [0.2, 0.25) is 10.0 Å². The van der Waals surface area contributed by atoms with Crippen LogP contribution in [0.15, 0.2) is 83.8 Å². The topological polar surface area (TPSA) is 86.8 Å². The lowest BCUT2D eigenvalue weighted by Crippen LogP contribution is -2.52. The molecule has 7 nitrogen and oxygen atoms in total. The Balaban J connectivity index is 2.00. The molecule has 0 bridgehead atoms. The van der Waals surface area contributed by atoms with E-state index in [0.717, 1.165) is 16.3 Å². The molecule has 38 heavy (non-hydrogen) atoms. The highest BCUT2D eigenvalue weighted by atomic mass is 35.5. The Labute approximate surface area is 234 Å². The third-order valence-corrected chi connectivity index (χ3v) is 8.45. The summed E-state index contributed by atoms with van der Waals surface area (Å²) in [5.74, 6) is -0.869. The highest BCUT2D eigenvalue weighted by molar-refractivity contribution is 7.92. The van der Waals surface area contributed by atoms with Crippen molar-refractivity contribution in [1.29, 1.82) is 0 Å². The summed E-state index contributed by atoms with van der Waals surface area (Å²) in [5.41, 5.74) is 1.02. The largest absolute Gasteiger partial charge is 0.352 e. The quantitative estimate of drug-likeness (QED) is 0.326. The number of amides is 2. The lowest BCUT2D eigenvalue weighted by molar-refractivity contribution is -0.139. The third-order valence-electron chi connectivity index (χ3n) is 6.16. The molecule has 0 radical (unpaired) electrons. The first-order valence-corrected chi connectivity index (χ1v) is 14.4. The number of nitrogens with one attached hydrogen (secondary N) is 1. The van der Waals surface area contributed by atoms with Gasteiger partial charge in [0.25, 0.3) is 10.0 Å². The molecular formula is C28H31Cl2N3O4S. The van der Waals surface area contributed by atoms with Crippen LogP contribution in [0, 0.1) is 0 Å². The number of halogens is 2. The van der Waals surface area contributed by atoms with Gasteiger partial charge in [-0.05, 0) is 74.4 Å². The summed E-state index contributed by atoms with van der Waals surface area (Å²) in [6.45, 7) is 5.03. The Morgan fingerprint density at radius 3 is 1.97 bits per heavy atom. The minimum atomic E-state index is -4.12. The molecule has 0 aliphatic rings. The Hall–Kier alpha value is -3.07. The van der Waals surface area contributed by atoms with Crippen molar-refractivity contribution < 1.29 is 18.0 Å². The Kier molecular flexibility index (Phi) is 10.2. The van der Waals surface area contributed by atoms with Gasteiger partial charge in [0, 0.05) is 22.6 Å². The molecule has 0 aliphatic heterocycles. The summed E-state index contributed by atoms with van der Waals surface area (Å²) in [6, 6.07) is 20.1. The van der Waals surface area contributed by atoms with E-state index in [2.05, 4.69) is 5.32 Å². The van der Waals surface area contributed by atoms with Gasteiger partial charge in [-0.15, -0.1) is 0 Å². The van der Waals surface area contributed by atoms with E-state index >= 15 is 0 Å². The van der Waals surface area contributed by atoms with Gasteiger partial charge in [0.05, 0.1) is 10.6 Å². The van der Waals surface area contributed by atoms with Gasteiger partial charge in [-0.25, -0.2) is 8.42 Å². The molecule has 0 heterocycles. The first-order valence-electron chi connectivity index (χ1n) is 12.2. The maximum Gasteiger partial charge on any atom is 0.264 e. The molecule has 10 heteroatoms. The lowest BCUT2D eigenvalue weighted by atomic mass is 10.1. The average Bonchev–Trinajstić information content (AvgIpc) is 2.91. The second-order valence-corrected chi connectivity index (χ2v) is 11.7. The highest BCUT2D eigenvalue weighted by Gasteiger charge is 2.32. The van der Waals surface area contributed by atoms with Gasteiger partial charge in [0.1, 0.15) is 12.6 Å². The third kappa shape index (κ3) is 7.49. The molecule has 0 saturated carbocycles. The Morgan fingerprint density at radius 2 is 1.42 bits per heavy atom. The van der Waals surface area contributed by atoms with Crippen LogP contribution in [-0.4, -0.2) is 43.8 Å². The van der Waals surface area contributed by atoms with Crippen molar-refractivity contribution in [2.75, 3.05) is 10.8 Å². The van der Waals surface area contributed by atoms with Gasteiger partial charge in [-0.3, -0.25) is 13.9 Å². The number of hydrogen-bond acceptors (Lipinski definition) is 4. The van der Waals surface area contributed by atoms with Crippen LogP contribution >= 0.6 is 23.2 Å². The predicted octanol–water partition coefficient (Wildman–Crippen LogP) is 5.52. The zero-order valence-corrected chi connectivity index (χ0v) is 23.8. The van der Waals surface area contributed by atoms with E-state index in [4.69, 9.17) is 23.2 Å². The second-order valence-electron chi connectivity index (χ2n) is 8.94. The monoisotopic (exact) mass is 575 g/mol. The molecule has 202 valence electrons. The van der Waals surface area contributed by atoms with Crippen LogP contribution in [0.3, 0.4) is 0 Å². The zero-order valence-electron chi connectivity index (χ0n) is 21.5. The van der Waals surface area contributed by atoms with E-state index in [-0.39, 0.29) is 29.1 Å². The van der Waals surface area contributed by atoms with Gasteiger partial charge >= 0.3 is 0 Å². The number of rotatable bonds is 11. The number of sulfonamides is 1. The standard InChI is InChI=1S/C28H31Cl2N3O4S/c1-4-20(2)31-28(35)21(3)32(18-22-10-12-23(29)13-11-22)27(34)19-33(25-16-14-24(30)15-17-25)38(36,37)26-8-6-5-7-9-26/h5-17,20-21H,4,18-19H2,1-3H3,(H,31,35)/t20-,21+/m1/s1. The van der Waals surface area contributed by atoms with Crippen LogP contribution in [0.1, 0.15) is 32.8 Å². The molecule has 0 aliphatic carbocycles. The first-order chi connectivity index (χ1) is 18.0. The second kappa shape index (κ2) is 13.1. The Morgan fingerprint density at radius 1 is 0.868 bits per heavy atom. The van der Waals surface area contributed by atoms with Crippen molar-refractivity contribution in [3.8, 4) is 0 Å². The molecule has 0 saturated heterocycles. The van der Waals surface area contributed by atoms with Gasteiger partial charge in [-0.1, -0.05) is 60.5 Å². The van der Waals surface area contributed by atoms with Gasteiger partial charge < -0.3 is 10.2 Å². The normalized spacial score (nSPS) is 12.9. The van der Waals surface area contributed by atoms with Crippen molar-refractivity contribution >= 4 is 50.7 Å². The number of hydrogen-bond donors (Lipinski definition) is 1. The average molecular weight is 577 g/mol. The lowest BCUT2D eigenvalue weighted by Gasteiger charge is -2.32. The summed E-state index contributed by atoms with van der Waals surface area (Å²) in [5, 5.41) is 3.87. The molecule has 0 unspecified atom stereocenters. The van der Waals surface area contributed by atoms with Crippen LogP contribution in [0.4, 0.5) is 5.69 Å². The minimum Gasteiger partial charge on any atom is -0.352 e. The summed E-state index contributed by atoms with van der Waals surface area (Å²) >= 11 is 12.1. The predicted molar refractivity (Wildman–Crippen MR) is 152 cm³/mol. The van der Waals surface area contributed by atoms with Gasteiger partial charge in [0.15, 0.2) is 0 Å². The van der Waals surface area contributed by atoms with Crippen molar-refractivity contribution in [1.82, 2.24) is 10.2 Å². The molecule has 1 N–H and O–H groups in total. The first kappa shape index (κ1) is 29.5. The van der Waals surface area contributed by atoms with Gasteiger partial charge in [0.2, 0.25) is 11.8 Å². The zero-order chi connectivity index (χ0) is 27.9. The molecule has 0 aromatic heterocycles. The number of anilines is 1. The van der Waals surface area contributed by atoms with E-state index in [1.165, 1.54) is 17.0 Å². The smallest absolute Gasteiger partial charge is 0.264 e. The molecule has 0 spiro atoms. The van der Waals surface area contributed by atoms with E-state index in [1.54, 1.807) is 73.7 Å². The van der Waals surface area contributed by atoms with Crippen LogP contribution < -0.4 is 9.62 Å². The van der Waals surface area contributed by atoms with Crippen molar-refractivity contribution in [2.45, 2.75) is 50.7 Å². The molecule has 0 fully saturated rings. The van der Waals surface area contributed by atoms with E-state index < -0.39 is 28.5 Å². The summed E-state index contributed by atoms with van der Waals surface area (Å²) in [7, 11) is -4.12. The van der Waals surface area contributed by atoms with Crippen molar-refractivity contribution in [3.63, 3.8) is 0 Å². The molecule has 2 amide bonds. The number of carbonyl (C=O) groups excluding carboxylic acids is 2. The fraction of sp³-hybridized carbons (Fsp3) is 0.286. The SMILES string of the molecule is CC[C@@H](C)NC(=O)[C@H](C)N(Cc1ccc(Cl)cc1)C(=O)CN(c1ccc(Cl)cc1)S(=O)(=O)c1ccccc1. The summed E-state index contributed by atoms with van der Waals surface area (Å²) in [4.78, 5) is 28.3. The molecular weight excluding hydrogens is 545 g/mol. The fourth-order valence-electron chi connectivity index (χ4n) is 3.69. The number of carbonyl (C=O) groups is 2. The van der Waals surface area contributed by atoms with Crippen molar-refractivity contribution in [2.24, 2.45) is 0 Å². The highest BCUT2D eigenvalue weighted by Crippen LogP contribution is 2.26. The summed E-state index contributed by atoms with van der Waals surface area (Å²) < 4.78 is 28.4. The summed E-state index contributed by atoms with van der Waals surface area (Å²) in [6.07, 6.45) is 0.725. The van der Waals surface area contributed by atoms with Gasteiger partial charge in [-0.2, -0.15) is 0 Å².